The zero-order chi connectivity index (χ0) is 22.7. The highest BCUT2D eigenvalue weighted by Gasteiger charge is 2.17. The van der Waals surface area contributed by atoms with Crippen LogP contribution in [0.5, 0.6) is 11.5 Å². The van der Waals surface area contributed by atoms with Crippen LogP contribution < -0.4 is 14.8 Å². The van der Waals surface area contributed by atoms with E-state index in [4.69, 9.17) is 21.1 Å². The average molecular weight is 471 g/mol. The molecule has 0 radical (unpaired) electrons. The molecule has 164 valence electrons. The Kier molecular flexibility index (Phi) is 6.38. The van der Waals surface area contributed by atoms with Crippen LogP contribution in [0, 0.1) is 0 Å². The highest BCUT2D eigenvalue weighted by molar-refractivity contribution is 7.15. The van der Waals surface area contributed by atoms with E-state index in [0.717, 1.165) is 17.0 Å². The van der Waals surface area contributed by atoms with Gasteiger partial charge in [0.25, 0.3) is 0 Å². The van der Waals surface area contributed by atoms with Gasteiger partial charge in [-0.05, 0) is 42.5 Å². The van der Waals surface area contributed by atoms with Crippen molar-refractivity contribution in [1.29, 1.82) is 0 Å². The second-order valence-corrected chi connectivity index (χ2v) is 8.07. The van der Waals surface area contributed by atoms with E-state index in [2.05, 4.69) is 15.4 Å². The molecule has 2 heterocycles. The smallest absolute Gasteiger partial charge is 0.250 e. The van der Waals surface area contributed by atoms with Gasteiger partial charge in [0.05, 0.1) is 25.5 Å². The van der Waals surface area contributed by atoms with Crippen molar-refractivity contribution in [3.05, 3.63) is 58.4 Å². The quantitative estimate of drug-likeness (QED) is 0.374. The largest absolute Gasteiger partial charge is 0.497 e. The molecule has 0 aliphatic rings. The van der Waals surface area contributed by atoms with Gasteiger partial charge in [-0.1, -0.05) is 11.6 Å². The van der Waals surface area contributed by atoms with Crippen molar-refractivity contribution in [2.45, 2.75) is 12.8 Å². The van der Waals surface area contributed by atoms with Crippen LogP contribution in [0.3, 0.4) is 0 Å². The van der Waals surface area contributed by atoms with Crippen molar-refractivity contribution < 1.29 is 19.1 Å². The Bertz CT molecular complexity index is 1280. The fourth-order valence-corrected chi connectivity index (χ4v) is 4.14. The molecule has 2 aromatic heterocycles. The third kappa shape index (κ3) is 4.58. The lowest BCUT2D eigenvalue weighted by Gasteiger charge is -2.08. The number of carbonyl (C=O) groups excluding carboxylic acids is 2. The molecule has 1 N–H and O–H groups in total. The van der Waals surface area contributed by atoms with Crippen LogP contribution in [0.4, 0.5) is 5.95 Å². The molecular formula is C22H19ClN4O4S. The lowest BCUT2D eigenvalue weighted by molar-refractivity contribution is -0.116. The maximum Gasteiger partial charge on any atom is 0.250 e. The number of nitrogens with one attached hydrogen (secondary N) is 1. The molecule has 8 nitrogen and oxygen atoms in total. The molecule has 0 saturated carbocycles. The molecule has 10 heteroatoms. The lowest BCUT2D eigenvalue weighted by Crippen LogP contribution is -2.15. The van der Waals surface area contributed by atoms with E-state index in [-0.39, 0.29) is 30.5 Å². The topological polar surface area (TPSA) is 94.8 Å². The van der Waals surface area contributed by atoms with Gasteiger partial charge in [0.15, 0.2) is 5.78 Å². The highest BCUT2D eigenvalue weighted by atomic mass is 35.5. The zero-order valence-corrected chi connectivity index (χ0v) is 18.9. The van der Waals surface area contributed by atoms with Crippen molar-refractivity contribution in [2.24, 2.45) is 0 Å². The number of amides is 1. The number of aromatic nitrogens is 3. The molecule has 0 bridgehead atoms. The van der Waals surface area contributed by atoms with Gasteiger partial charge in [0.1, 0.15) is 11.5 Å². The molecule has 2 aromatic carbocycles. The van der Waals surface area contributed by atoms with Crippen LogP contribution in [0.25, 0.3) is 16.2 Å². The van der Waals surface area contributed by atoms with Crippen molar-refractivity contribution in [3.8, 4) is 22.8 Å². The van der Waals surface area contributed by atoms with Crippen LogP contribution in [0.15, 0.2) is 47.8 Å². The van der Waals surface area contributed by atoms with Crippen molar-refractivity contribution in [1.82, 2.24) is 14.6 Å². The number of rotatable bonds is 8. The van der Waals surface area contributed by atoms with Gasteiger partial charge in [-0.15, -0.1) is 16.4 Å². The number of methoxy groups -OCH3 is 2. The van der Waals surface area contributed by atoms with E-state index < -0.39 is 0 Å². The normalized spacial score (nSPS) is 10.8. The number of ketones is 1. The number of hydrogen-bond donors (Lipinski definition) is 1. The summed E-state index contributed by atoms with van der Waals surface area (Å²) in [6.07, 6.45) is -0.0193. The summed E-state index contributed by atoms with van der Waals surface area (Å²) in [6.45, 7) is 0. The third-order valence-electron chi connectivity index (χ3n) is 4.76. The van der Waals surface area contributed by atoms with E-state index >= 15 is 0 Å². The predicted octanol–water partition coefficient (Wildman–Crippen LogP) is 4.73. The van der Waals surface area contributed by atoms with Gasteiger partial charge in [-0.2, -0.15) is 4.98 Å². The Hall–Kier alpha value is -3.43. The van der Waals surface area contributed by atoms with E-state index in [0.29, 0.717) is 21.3 Å². The molecule has 0 fully saturated rings. The Morgan fingerprint density at radius 3 is 2.59 bits per heavy atom. The van der Waals surface area contributed by atoms with Crippen LogP contribution >= 0.6 is 22.9 Å². The molecule has 0 aliphatic carbocycles. The minimum atomic E-state index is -0.358. The highest BCUT2D eigenvalue weighted by Crippen LogP contribution is 2.28. The molecule has 0 unspecified atom stereocenters. The molecule has 4 aromatic rings. The minimum absolute atomic E-state index is 0.00184. The second-order valence-electron chi connectivity index (χ2n) is 6.80. The summed E-state index contributed by atoms with van der Waals surface area (Å²) in [5.74, 6) is 0.770. The second kappa shape index (κ2) is 9.37. The first-order chi connectivity index (χ1) is 15.5. The van der Waals surface area contributed by atoms with Crippen molar-refractivity contribution >= 4 is 45.5 Å². The number of carbonyl (C=O) groups is 2. The first kappa shape index (κ1) is 21.8. The van der Waals surface area contributed by atoms with Gasteiger partial charge in [-0.25, -0.2) is 4.52 Å². The van der Waals surface area contributed by atoms with Gasteiger partial charge in [-0.3, -0.25) is 14.9 Å². The van der Waals surface area contributed by atoms with Crippen LogP contribution in [0.2, 0.25) is 5.02 Å². The fourth-order valence-electron chi connectivity index (χ4n) is 3.14. The Balaban J connectivity index is 1.42. The molecule has 1 amide bonds. The van der Waals surface area contributed by atoms with E-state index in [1.165, 1.54) is 24.5 Å². The molecule has 0 atom stereocenters. The number of halogens is 1. The van der Waals surface area contributed by atoms with Gasteiger partial charge >= 0.3 is 0 Å². The summed E-state index contributed by atoms with van der Waals surface area (Å²) in [5, 5.41) is 9.41. The number of hydrogen-bond acceptors (Lipinski definition) is 7. The predicted molar refractivity (Wildman–Crippen MR) is 123 cm³/mol. The van der Waals surface area contributed by atoms with Gasteiger partial charge < -0.3 is 9.47 Å². The molecule has 0 saturated heterocycles. The number of ether oxygens (including phenoxy) is 2. The maximum absolute atomic E-state index is 12.5. The fraction of sp³-hybridized carbons (Fsp3) is 0.182. The SMILES string of the molecule is COc1ccc(-c2csc3nc(NC(=O)CCC(=O)c4cc(Cl)ccc4OC)nn23)cc1. The number of fused-ring (bicyclic) bond motifs is 1. The van der Waals surface area contributed by atoms with E-state index in [9.17, 15) is 9.59 Å². The number of anilines is 1. The van der Waals surface area contributed by atoms with Crippen molar-refractivity contribution in [2.75, 3.05) is 19.5 Å². The molecule has 0 spiro atoms. The number of benzene rings is 2. The third-order valence-corrected chi connectivity index (χ3v) is 5.81. The van der Waals surface area contributed by atoms with E-state index in [1.54, 1.807) is 23.8 Å². The summed E-state index contributed by atoms with van der Waals surface area (Å²) in [7, 11) is 3.09. The lowest BCUT2D eigenvalue weighted by atomic mass is 10.1. The Morgan fingerprint density at radius 1 is 1.09 bits per heavy atom. The average Bonchev–Trinajstić information content (AvgIpc) is 3.37. The summed E-state index contributed by atoms with van der Waals surface area (Å²) in [5.41, 5.74) is 2.14. The van der Waals surface area contributed by atoms with Gasteiger partial charge in [0.2, 0.25) is 16.8 Å². The summed E-state index contributed by atoms with van der Waals surface area (Å²) in [4.78, 5) is 29.9. The standard InChI is InChI=1S/C22H19ClN4O4S/c1-30-15-6-3-13(4-7-15)17-12-32-22-25-21(26-27(17)22)24-20(29)10-8-18(28)16-11-14(23)5-9-19(16)31-2/h3-7,9,11-12H,8,10H2,1-2H3,(H,24,26,29). The van der Waals surface area contributed by atoms with E-state index in [1.807, 2.05) is 29.6 Å². The van der Waals surface area contributed by atoms with Crippen LogP contribution in [0.1, 0.15) is 23.2 Å². The summed E-state index contributed by atoms with van der Waals surface area (Å²) in [6, 6.07) is 12.4. The first-order valence-electron chi connectivity index (χ1n) is 9.64. The maximum atomic E-state index is 12.5. The molecule has 32 heavy (non-hydrogen) atoms. The Morgan fingerprint density at radius 2 is 1.88 bits per heavy atom. The molecule has 4 rings (SSSR count). The summed E-state index contributed by atoms with van der Waals surface area (Å²) < 4.78 is 12.1. The van der Waals surface area contributed by atoms with Crippen LogP contribution in [-0.4, -0.2) is 40.5 Å². The molecule has 0 aliphatic heterocycles. The molecular weight excluding hydrogens is 452 g/mol. The Labute approximate surface area is 192 Å². The van der Waals surface area contributed by atoms with Crippen LogP contribution in [-0.2, 0) is 4.79 Å². The minimum Gasteiger partial charge on any atom is -0.497 e. The zero-order valence-electron chi connectivity index (χ0n) is 17.3. The first-order valence-corrected chi connectivity index (χ1v) is 10.9. The number of thiazole rings is 1. The monoisotopic (exact) mass is 470 g/mol. The van der Waals surface area contributed by atoms with Crippen molar-refractivity contribution in [3.63, 3.8) is 0 Å². The number of nitrogens with zero attached hydrogens (tertiary/aromatic N) is 3. The van der Waals surface area contributed by atoms with Gasteiger partial charge in [0, 0.05) is 28.8 Å². The number of Topliss-reactive ketones (excluding diaryl/α,β-unsaturated/α-hetero) is 1. The summed E-state index contributed by atoms with van der Waals surface area (Å²) >= 11 is 7.39.